The summed E-state index contributed by atoms with van der Waals surface area (Å²) in [6.45, 7) is 0. The first-order valence-electron chi connectivity index (χ1n) is 2.54. The van der Waals surface area contributed by atoms with Crippen LogP contribution >= 0.6 is 0 Å². The number of alkyl halides is 5. The lowest BCUT2D eigenvalue weighted by molar-refractivity contribution is -0.276. The largest absolute Gasteiger partial charge is 0.465 e. The molecule has 0 aliphatic heterocycles. The Bertz CT molecular complexity index is 328. The molecular weight excluding hydrogens is 243 g/mol. The van der Waals surface area contributed by atoms with E-state index in [0.29, 0.717) is 0 Å². The highest BCUT2D eigenvalue weighted by Gasteiger charge is 2.65. The Morgan fingerprint density at radius 3 is 1.71 bits per heavy atom. The van der Waals surface area contributed by atoms with Crippen LogP contribution in [-0.4, -0.2) is 31.0 Å². The third-order valence-corrected chi connectivity index (χ3v) is 1.16. The van der Waals surface area contributed by atoms with Crippen molar-refractivity contribution in [1.82, 2.24) is 0 Å². The zero-order valence-corrected chi connectivity index (χ0v) is 6.69. The Labute approximate surface area is 73.4 Å². The molecule has 14 heavy (non-hydrogen) atoms. The van der Waals surface area contributed by atoms with Crippen molar-refractivity contribution in [2.45, 2.75) is 12.1 Å². The molecular formula is C3HF5O5S. The number of halogens is 5. The molecule has 0 aliphatic rings. The van der Waals surface area contributed by atoms with Crippen molar-refractivity contribution in [3.8, 4) is 0 Å². The summed E-state index contributed by atoms with van der Waals surface area (Å²) in [4.78, 5) is 9.90. The number of carbonyl (C=O) groups excluding carboxylic acids is 1. The standard InChI is InChI=1S/C3HF5O5S/c4-2(5,3(6,7)8)1(9)13-14(10,11)12/h(H,10,11,12). The summed E-state index contributed by atoms with van der Waals surface area (Å²) in [7, 11) is -5.70. The van der Waals surface area contributed by atoms with Gasteiger partial charge in [-0.1, -0.05) is 0 Å². The van der Waals surface area contributed by atoms with E-state index in [9.17, 15) is 35.2 Å². The van der Waals surface area contributed by atoms with Gasteiger partial charge in [0.05, 0.1) is 0 Å². The van der Waals surface area contributed by atoms with Gasteiger partial charge in [-0.3, -0.25) is 4.55 Å². The summed E-state index contributed by atoms with van der Waals surface area (Å²) < 4.78 is 87.1. The fourth-order valence-electron chi connectivity index (χ4n) is 0.264. The van der Waals surface area contributed by atoms with E-state index in [1.54, 1.807) is 0 Å². The predicted molar refractivity (Wildman–Crippen MR) is 28.6 cm³/mol. The quantitative estimate of drug-likeness (QED) is 0.566. The lowest BCUT2D eigenvalue weighted by atomic mass is 10.3. The molecule has 0 saturated heterocycles. The second kappa shape index (κ2) is 3.31. The summed E-state index contributed by atoms with van der Waals surface area (Å²) in [6, 6.07) is 0. The molecule has 0 atom stereocenters. The maximum absolute atomic E-state index is 11.9. The van der Waals surface area contributed by atoms with Gasteiger partial charge >= 0.3 is 28.5 Å². The topological polar surface area (TPSA) is 80.7 Å². The first-order valence-corrected chi connectivity index (χ1v) is 3.90. The molecule has 0 aliphatic carbocycles. The predicted octanol–water partition coefficient (Wildman–Crippen LogP) is 0.530. The Morgan fingerprint density at radius 2 is 1.50 bits per heavy atom. The van der Waals surface area contributed by atoms with E-state index in [2.05, 4.69) is 4.18 Å². The minimum absolute atomic E-state index is 2.45. The number of rotatable bonds is 2. The van der Waals surface area contributed by atoms with E-state index in [4.69, 9.17) is 4.55 Å². The maximum atomic E-state index is 11.9. The van der Waals surface area contributed by atoms with Crippen LogP contribution in [-0.2, 0) is 19.4 Å². The molecule has 5 nitrogen and oxygen atoms in total. The Kier molecular flexibility index (Phi) is 3.08. The fraction of sp³-hybridized carbons (Fsp3) is 0.667. The highest BCUT2D eigenvalue weighted by atomic mass is 32.3. The lowest BCUT2D eigenvalue weighted by Crippen LogP contribution is -2.45. The average molecular weight is 244 g/mol. The normalized spacial score (nSPS) is 13.9. The molecule has 0 aromatic heterocycles. The van der Waals surface area contributed by atoms with Crippen LogP contribution in [0.25, 0.3) is 0 Å². The lowest BCUT2D eigenvalue weighted by Gasteiger charge is -2.15. The average Bonchev–Trinajstić information content (AvgIpc) is 1.80. The number of hydrogen-bond acceptors (Lipinski definition) is 4. The van der Waals surface area contributed by atoms with E-state index in [1.165, 1.54) is 0 Å². The van der Waals surface area contributed by atoms with Crippen LogP contribution in [0.2, 0.25) is 0 Å². The van der Waals surface area contributed by atoms with Crippen molar-refractivity contribution < 1.29 is 43.9 Å². The summed E-state index contributed by atoms with van der Waals surface area (Å²) >= 11 is 0. The monoisotopic (exact) mass is 244 g/mol. The molecule has 0 unspecified atom stereocenters. The summed E-state index contributed by atoms with van der Waals surface area (Å²) in [5.74, 6) is -9.42. The maximum Gasteiger partial charge on any atom is 0.465 e. The van der Waals surface area contributed by atoms with Crippen LogP contribution < -0.4 is 0 Å². The fourth-order valence-corrected chi connectivity index (χ4v) is 0.560. The van der Waals surface area contributed by atoms with Gasteiger partial charge in [0.25, 0.3) is 0 Å². The van der Waals surface area contributed by atoms with Crippen LogP contribution in [0.5, 0.6) is 0 Å². The molecule has 0 aromatic carbocycles. The molecule has 84 valence electrons. The summed E-state index contributed by atoms with van der Waals surface area (Å²) in [6.07, 6.45) is -6.30. The first kappa shape index (κ1) is 13.0. The summed E-state index contributed by atoms with van der Waals surface area (Å²) in [5.41, 5.74) is 0. The SMILES string of the molecule is O=C(OS(=O)(=O)O)C(F)(F)C(F)(F)F. The van der Waals surface area contributed by atoms with E-state index >= 15 is 0 Å². The minimum atomic E-state index is -6.30. The first-order chi connectivity index (χ1) is 5.88. The van der Waals surface area contributed by atoms with Crippen LogP contribution in [0.1, 0.15) is 0 Å². The Hall–Kier alpha value is -0.970. The highest BCUT2D eigenvalue weighted by molar-refractivity contribution is 7.81. The molecule has 0 radical (unpaired) electrons. The second-order valence-electron chi connectivity index (χ2n) is 1.87. The van der Waals surface area contributed by atoms with Gasteiger partial charge in [0, 0.05) is 0 Å². The van der Waals surface area contributed by atoms with Crippen LogP contribution in [0, 0.1) is 0 Å². The van der Waals surface area contributed by atoms with Crippen LogP contribution in [0.3, 0.4) is 0 Å². The van der Waals surface area contributed by atoms with Gasteiger partial charge < -0.3 is 4.18 Å². The van der Waals surface area contributed by atoms with Crippen molar-refractivity contribution in [3.05, 3.63) is 0 Å². The Balaban J connectivity index is 4.88. The number of hydrogen-bond donors (Lipinski definition) is 1. The van der Waals surface area contributed by atoms with E-state index in [-0.39, 0.29) is 0 Å². The van der Waals surface area contributed by atoms with Crippen molar-refractivity contribution >= 4 is 16.4 Å². The molecule has 11 heteroatoms. The van der Waals surface area contributed by atoms with E-state index < -0.39 is 28.5 Å². The van der Waals surface area contributed by atoms with Crippen molar-refractivity contribution in [3.63, 3.8) is 0 Å². The van der Waals surface area contributed by atoms with Gasteiger partial charge in [-0.25, -0.2) is 4.79 Å². The van der Waals surface area contributed by atoms with Crippen molar-refractivity contribution in [2.75, 3.05) is 0 Å². The van der Waals surface area contributed by atoms with Crippen molar-refractivity contribution in [2.24, 2.45) is 0 Å². The van der Waals surface area contributed by atoms with Gasteiger partial charge in [0.15, 0.2) is 0 Å². The van der Waals surface area contributed by atoms with Gasteiger partial charge in [-0.2, -0.15) is 30.4 Å². The smallest absolute Gasteiger partial charge is 0.318 e. The van der Waals surface area contributed by atoms with E-state index in [1.807, 2.05) is 0 Å². The molecule has 0 amide bonds. The summed E-state index contributed by atoms with van der Waals surface area (Å²) in [5, 5.41) is 0. The molecule has 0 saturated carbocycles. The van der Waals surface area contributed by atoms with Crippen LogP contribution in [0.4, 0.5) is 22.0 Å². The second-order valence-corrected chi connectivity index (χ2v) is 2.89. The van der Waals surface area contributed by atoms with E-state index in [0.717, 1.165) is 0 Å². The van der Waals surface area contributed by atoms with Crippen LogP contribution in [0.15, 0.2) is 0 Å². The zero-order chi connectivity index (χ0) is 11.8. The van der Waals surface area contributed by atoms with Gasteiger partial charge in [0.1, 0.15) is 0 Å². The molecule has 0 bridgehead atoms. The van der Waals surface area contributed by atoms with Crippen molar-refractivity contribution in [1.29, 1.82) is 0 Å². The molecule has 0 fully saturated rings. The van der Waals surface area contributed by atoms with Gasteiger partial charge in [0.2, 0.25) is 0 Å². The molecule has 0 rings (SSSR count). The Morgan fingerprint density at radius 1 is 1.14 bits per heavy atom. The zero-order valence-electron chi connectivity index (χ0n) is 5.88. The highest BCUT2D eigenvalue weighted by Crippen LogP contribution is 2.36. The van der Waals surface area contributed by atoms with Gasteiger partial charge in [-0.05, 0) is 0 Å². The third kappa shape index (κ3) is 3.06. The third-order valence-electron chi connectivity index (χ3n) is 0.793. The van der Waals surface area contributed by atoms with Gasteiger partial charge in [-0.15, -0.1) is 0 Å². The molecule has 0 spiro atoms. The molecule has 0 heterocycles. The molecule has 0 aromatic rings. The minimum Gasteiger partial charge on any atom is -0.318 e. The molecule has 1 N–H and O–H groups in total. The number of carbonyl (C=O) groups is 1.